The summed E-state index contributed by atoms with van der Waals surface area (Å²) in [6.07, 6.45) is 2.44. The third-order valence-corrected chi connectivity index (χ3v) is 5.09. The molecular weight excluding hydrogens is 312 g/mol. The summed E-state index contributed by atoms with van der Waals surface area (Å²) in [5, 5.41) is 3.73. The molecule has 112 valence electrons. The van der Waals surface area contributed by atoms with Crippen LogP contribution in [0.15, 0.2) is 22.7 Å². The van der Waals surface area contributed by atoms with Crippen molar-refractivity contribution in [1.82, 2.24) is 5.32 Å². The first-order valence-corrected chi connectivity index (χ1v) is 8.56. The summed E-state index contributed by atoms with van der Waals surface area (Å²) in [7, 11) is 0. The molecule has 1 aliphatic heterocycles. The van der Waals surface area contributed by atoms with Crippen LogP contribution >= 0.6 is 15.9 Å². The van der Waals surface area contributed by atoms with Gasteiger partial charge in [0.1, 0.15) is 0 Å². The van der Waals surface area contributed by atoms with E-state index in [0.717, 1.165) is 19.0 Å². The maximum atomic E-state index is 3.73. The zero-order valence-corrected chi connectivity index (χ0v) is 14.7. The Morgan fingerprint density at radius 1 is 1.40 bits per heavy atom. The molecule has 1 aromatic carbocycles. The SMILES string of the molecule is CCC1CNC(CC(C)C)CN1c1ccc(Br)c(C)c1. The predicted octanol–water partition coefficient (Wildman–Crippen LogP) is 4.36. The van der Waals surface area contributed by atoms with Gasteiger partial charge in [-0.25, -0.2) is 0 Å². The largest absolute Gasteiger partial charge is 0.366 e. The van der Waals surface area contributed by atoms with Crippen LogP contribution in [0.4, 0.5) is 5.69 Å². The van der Waals surface area contributed by atoms with Crippen LogP contribution in [-0.4, -0.2) is 25.2 Å². The Kier molecular flexibility index (Phi) is 5.50. The van der Waals surface area contributed by atoms with E-state index in [9.17, 15) is 0 Å². The molecule has 1 aliphatic rings. The van der Waals surface area contributed by atoms with Gasteiger partial charge in [-0.1, -0.05) is 36.7 Å². The predicted molar refractivity (Wildman–Crippen MR) is 91.5 cm³/mol. The number of halogens is 1. The number of rotatable bonds is 4. The molecule has 0 radical (unpaired) electrons. The van der Waals surface area contributed by atoms with Crippen LogP contribution in [0.1, 0.15) is 39.2 Å². The minimum atomic E-state index is 0.610. The van der Waals surface area contributed by atoms with Crippen molar-refractivity contribution >= 4 is 21.6 Å². The van der Waals surface area contributed by atoms with Gasteiger partial charge in [0.25, 0.3) is 0 Å². The smallest absolute Gasteiger partial charge is 0.0412 e. The molecule has 0 bridgehead atoms. The molecule has 0 aromatic heterocycles. The van der Waals surface area contributed by atoms with E-state index in [4.69, 9.17) is 0 Å². The fourth-order valence-corrected chi connectivity index (χ4v) is 3.33. The van der Waals surface area contributed by atoms with Gasteiger partial charge in [0.2, 0.25) is 0 Å². The minimum absolute atomic E-state index is 0.610. The van der Waals surface area contributed by atoms with Crippen molar-refractivity contribution in [2.24, 2.45) is 5.92 Å². The summed E-state index contributed by atoms with van der Waals surface area (Å²) in [6.45, 7) is 11.3. The molecular formula is C17H27BrN2. The van der Waals surface area contributed by atoms with E-state index in [1.165, 1.54) is 28.6 Å². The zero-order chi connectivity index (χ0) is 14.7. The van der Waals surface area contributed by atoms with E-state index in [1.807, 2.05) is 0 Å². The molecule has 0 spiro atoms. The highest BCUT2D eigenvalue weighted by Crippen LogP contribution is 2.27. The van der Waals surface area contributed by atoms with Gasteiger partial charge in [0.15, 0.2) is 0 Å². The van der Waals surface area contributed by atoms with Gasteiger partial charge < -0.3 is 10.2 Å². The molecule has 2 unspecified atom stereocenters. The average Bonchev–Trinajstić information content (AvgIpc) is 2.41. The number of benzene rings is 1. The highest BCUT2D eigenvalue weighted by atomic mass is 79.9. The summed E-state index contributed by atoms with van der Waals surface area (Å²) in [5.74, 6) is 0.749. The lowest BCUT2D eigenvalue weighted by Gasteiger charge is -2.42. The van der Waals surface area contributed by atoms with Gasteiger partial charge in [-0.15, -0.1) is 0 Å². The lowest BCUT2D eigenvalue weighted by molar-refractivity contribution is 0.343. The van der Waals surface area contributed by atoms with Gasteiger partial charge >= 0.3 is 0 Å². The molecule has 2 rings (SSSR count). The number of nitrogens with one attached hydrogen (secondary N) is 1. The number of nitrogens with zero attached hydrogens (tertiary/aromatic N) is 1. The zero-order valence-electron chi connectivity index (χ0n) is 13.1. The summed E-state index contributed by atoms with van der Waals surface area (Å²) in [6, 6.07) is 7.96. The summed E-state index contributed by atoms with van der Waals surface area (Å²) in [4.78, 5) is 2.60. The Bertz CT molecular complexity index is 445. The van der Waals surface area contributed by atoms with Gasteiger partial charge in [-0.3, -0.25) is 0 Å². The first-order chi connectivity index (χ1) is 9.51. The van der Waals surface area contributed by atoms with Crippen LogP contribution < -0.4 is 10.2 Å². The van der Waals surface area contributed by atoms with Crippen molar-refractivity contribution in [3.05, 3.63) is 28.2 Å². The highest BCUT2D eigenvalue weighted by molar-refractivity contribution is 9.10. The summed E-state index contributed by atoms with van der Waals surface area (Å²) >= 11 is 3.60. The van der Waals surface area contributed by atoms with Crippen LogP contribution in [0.5, 0.6) is 0 Å². The Hall–Kier alpha value is -0.540. The first kappa shape index (κ1) is 15.8. The van der Waals surface area contributed by atoms with Crippen molar-refractivity contribution in [2.45, 2.75) is 52.6 Å². The maximum Gasteiger partial charge on any atom is 0.0412 e. The van der Waals surface area contributed by atoms with Crippen molar-refractivity contribution in [1.29, 1.82) is 0 Å². The molecule has 0 aliphatic carbocycles. The van der Waals surface area contributed by atoms with Gasteiger partial charge in [-0.05, 0) is 49.4 Å². The Morgan fingerprint density at radius 3 is 2.75 bits per heavy atom. The van der Waals surface area contributed by atoms with E-state index in [2.05, 4.69) is 72.0 Å². The quantitative estimate of drug-likeness (QED) is 0.877. The topological polar surface area (TPSA) is 15.3 Å². The van der Waals surface area contributed by atoms with E-state index >= 15 is 0 Å². The lowest BCUT2D eigenvalue weighted by atomic mass is 9.98. The van der Waals surface area contributed by atoms with Crippen molar-refractivity contribution in [3.63, 3.8) is 0 Å². The van der Waals surface area contributed by atoms with Crippen LogP contribution in [0.3, 0.4) is 0 Å². The van der Waals surface area contributed by atoms with Crippen molar-refractivity contribution < 1.29 is 0 Å². The molecule has 0 amide bonds. The fourth-order valence-electron chi connectivity index (χ4n) is 3.08. The molecule has 2 atom stereocenters. The third-order valence-electron chi connectivity index (χ3n) is 4.20. The normalized spacial score (nSPS) is 23.4. The minimum Gasteiger partial charge on any atom is -0.366 e. The Labute approximate surface area is 132 Å². The first-order valence-electron chi connectivity index (χ1n) is 7.77. The molecule has 1 fully saturated rings. The third kappa shape index (κ3) is 3.76. The van der Waals surface area contributed by atoms with Crippen LogP contribution in [0.2, 0.25) is 0 Å². The monoisotopic (exact) mass is 338 g/mol. The number of aryl methyl sites for hydroxylation is 1. The lowest BCUT2D eigenvalue weighted by Crippen LogP contribution is -2.56. The average molecular weight is 339 g/mol. The molecule has 2 nitrogen and oxygen atoms in total. The van der Waals surface area contributed by atoms with Crippen molar-refractivity contribution in [2.75, 3.05) is 18.0 Å². The number of anilines is 1. The maximum absolute atomic E-state index is 3.73. The molecule has 3 heteroatoms. The Morgan fingerprint density at radius 2 is 2.15 bits per heavy atom. The standard InChI is InChI=1S/C17H27BrN2/c1-5-15-10-19-14(8-12(2)3)11-20(15)16-6-7-17(18)13(4)9-16/h6-7,9,12,14-15,19H,5,8,10-11H2,1-4H3. The molecule has 1 saturated heterocycles. The summed E-state index contributed by atoms with van der Waals surface area (Å²) < 4.78 is 1.20. The summed E-state index contributed by atoms with van der Waals surface area (Å²) in [5.41, 5.74) is 2.68. The molecule has 1 N–H and O–H groups in total. The molecule has 1 heterocycles. The van der Waals surface area contributed by atoms with E-state index in [1.54, 1.807) is 0 Å². The molecule has 20 heavy (non-hydrogen) atoms. The second-order valence-corrected chi connectivity index (χ2v) is 7.24. The number of hydrogen-bond acceptors (Lipinski definition) is 2. The van der Waals surface area contributed by atoms with Crippen LogP contribution in [0, 0.1) is 12.8 Å². The second-order valence-electron chi connectivity index (χ2n) is 6.38. The van der Waals surface area contributed by atoms with Crippen LogP contribution in [0.25, 0.3) is 0 Å². The van der Waals surface area contributed by atoms with E-state index in [0.29, 0.717) is 12.1 Å². The van der Waals surface area contributed by atoms with Gasteiger partial charge in [0, 0.05) is 35.3 Å². The van der Waals surface area contributed by atoms with Gasteiger partial charge in [-0.2, -0.15) is 0 Å². The molecule has 1 aromatic rings. The second kappa shape index (κ2) is 6.95. The molecule has 0 saturated carbocycles. The van der Waals surface area contributed by atoms with E-state index < -0.39 is 0 Å². The fraction of sp³-hybridized carbons (Fsp3) is 0.647. The van der Waals surface area contributed by atoms with Crippen molar-refractivity contribution in [3.8, 4) is 0 Å². The number of hydrogen-bond donors (Lipinski definition) is 1. The Balaban J connectivity index is 2.17. The number of piperazine rings is 1. The van der Waals surface area contributed by atoms with Gasteiger partial charge in [0.05, 0.1) is 0 Å². The van der Waals surface area contributed by atoms with E-state index in [-0.39, 0.29) is 0 Å². The highest BCUT2D eigenvalue weighted by Gasteiger charge is 2.27. The van der Waals surface area contributed by atoms with Crippen LogP contribution in [-0.2, 0) is 0 Å².